The highest BCUT2D eigenvalue weighted by Gasteiger charge is 2.34. The Bertz CT molecular complexity index is 1030. The Hall–Kier alpha value is -2.50. The highest BCUT2D eigenvalue weighted by molar-refractivity contribution is 8.04. The van der Waals surface area contributed by atoms with Crippen molar-refractivity contribution in [1.29, 1.82) is 0 Å². The van der Waals surface area contributed by atoms with Gasteiger partial charge >= 0.3 is 0 Å². The number of nitrogens with one attached hydrogen (secondary N) is 2. The summed E-state index contributed by atoms with van der Waals surface area (Å²) < 4.78 is 5.29. The molecule has 1 atom stereocenters. The van der Waals surface area contributed by atoms with Gasteiger partial charge in [-0.2, -0.15) is 9.47 Å². The second-order valence-electron chi connectivity index (χ2n) is 5.90. The predicted octanol–water partition coefficient (Wildman–Crippen LogP) is 3.50. The lowest BCUT2D eigenvalue weighted by molar-refractivity contribution is 0.457. The number of aryl methyl sites for hydroxylation is 1. The molecular weight excluding hydrogens is 400 g/mol. The number of amidine groups is 2. The highest BCUT2D eigenvalue weighted by Crippen LogP contribution is 2.36. The third-order valence-electron chi connectivity index (χ3n) is 4.05. The zero-order valence-electron chi connectivity index (χ0n) is 14.2. The van der Waals surface area contributed by atoms with Crippen LogP contribution in [0.3, 0.4) is 0 Å². The second kappa shape index (κ2) is 6.91. The summed E-state index contributed by atoms with van der Waals surface area (Å²) in [6.07, 6.45) is 7.60. The van der Waals surface area contributed by atoms with E-state index in [9.17, 15) is 0 Å². The van der Waals surface area contributed by atoms with Crippen LogP contribution in [0.4, 0.5) is 5.00 Å². The van der Waals surface area contributed by atoms with Crippen LogP contribution in [0.2, 0.25) is 0 Å². The lowest BCUT2D eigenvalue weighted by Gasteiger charge is -2.27. The smallest absolute Gasteiger partial charge is 0.175 e. The molecule has 0 aliphatic carbocycles. The van der Waals surface area contributed by atoms with Crippen molar-refractivity contribution < 1.29 is 0 Å². The van der Waals surface area contributed by atoms with E-state index in [0.29, 0.717) is 6.54 Å². The number of aliphatic imine (C=N–C) groups is 2. The summed E-state index contributed by atoms with van der Waals surface area (Å²) in [6.45, 7) is 2.63. The van der Waals surface area contributed by atoms with Gasteiger partial charge in [0.1, 0.15) is 10.0 Å². The van der Waals surface area contributed by atoms with Crippen LogP contribution in [-0.4, -0.2) is 42.7 Å². The van der Waals surface area contributed by atoms with E-state index in [0.717, 1.165) is 37.3 Å². The number of thioether (sulfide) groups is 1. The first-order valence-electron chi connectivity index (χ1n) is 8.16. The van der Waals surface area contributed by atoms with Gasteiger partial charge in [-0.05, 0) is 36.3 Å². The monoisotopic (exact) mass is 414 g/mol. The number of H-pyrrole nitrogens is 1. The average molecular weight is 415 g/mol. The number of fused-ring (bicyclic) bond motifs is 1. The molecule has 0 bridgehead atoms. The molecule has 3 aromatic rings. The summed E-state index contributed by atoms with van der Waals surface area (Å²) in [5.41, 5.74) is 2.08. The van der Waals surface area contributed by atoms with Crippen molar-refractivity contribution in [1.82, 2.24) is 24.5 Å². The Balaban J connectivity index is 1.49. The van der Waals surface area contributed by atoms with Gasteiger partial charge in [0.25, 0.3) is 0 Å². The van der Waals surface area contributed by atoms with Crippen molar-refractivity contribution in [3.8, 4) is 0 Å². The molecule has 5 heterocycles. The van der Waals surface area contributed by atoms with Gasteiger partial charge in [0.2, 0.25) is 0 Å². The van der Waals surface area contributed by atoms with Crippen LogP contribution in [0.1, 0.15) is 17.3 Å². The normalized spacial score (nSPS) is 18.8. The van der Waals surface area contributed by atoms with E-state index < -0.39 is 0 Å². The van der Waals surface area contributed by atoms with E-state index >= 15 is 0 Å². The molecule has 11 heteroatoms. The van der Waals surface area contributed by atoms with Crippen molar-refractivity contribution >= 4 is 51.3 Å². The average Bonchev–Trinajstić information content (AvgIpc) is 3.42. The first-order valence-corrected chi connectivity index (χ1v) is 10.6. The van der Waals surface area contributed by atoms with Crippen LogP contribution in [0.25, 0.3) is 0 Å². The van der Waals surface area contributed by atoms with Crippen LogP contribution in [0, 0.1) is 6.92 Å². The van der Waals surface area contributed by atoms with Crippen molar-refractivity contribution in [3.63, 3.8) is 0 Å². The van der Waals surface area contributed by atoms with Gasteiger partial charge < -0.3 is 10.2 Å². The SMILES string of the molecule is Cc1cc(NC2=NC(Sc3nccs3)=CN3C2=NCC3c2cn[nH]c2)sn1. The zero-order chi connectivity index (χ0) is 18.2. The second-order valence-corrected chi connectivity index (χ2v) is 8.87. The molecule has 136 valence electrons. The maximum absolute atomic E-state index is 4.80. The Labute approximate surface area is 167 Å². The third-order valence-corrected chi connectivity index (χ3v) is 6.64. The fourth-order valence-electron chi connectivity index (χ4n) is 2.88. The molecular formula is C16H14N8S3. The summed E-state index contributed by atoms with van der Waals surface area (Å²) in [5.74, 6) is 1.56. The Morgan fingerprint density at radius 3 is 3.11 bits per heavy atom. The van der Waals surface area contributed by atoms with Gasteiger partial charge in [0.05, 0.1) is 24.5 Å². The molecule has 5 rings (SSSR count). The number of aromatic amines is 1. The predicted molar refractivity (Wildman–Crippen MR) is 109 cm³/mol. The van der Waals surface area contributed by atoms with Gasteiger partial charge in [-0.15, -0.1) is 11.3 Å². The van der Waals surface area contributed by atoms with E-state index in [1.54, 1.807) is 29.3 Å². The quantitative estimate of drug-likeness (QED) is 0.679. The summed E-state index contributed by atoms with van der Waals surface area (Å²) >= 11 is 4.56. The fraction of sp³-hybridized carbons (Fsp3) is 0.188. The molecule has 27 heavy (non-hydrogen) atoms. The van der Waals surface area contributed by atoms with Crippen molar-refractivity contribution in [2.75, 3.05) is 11.9 Å². The minimum absolute atomic E-state index is 0.0983. The van der Waals surface area contributed by atoms with Gasteiger partial charge in [-0.1, -0.05) is 0 Å². The van der Waals surface area contributed by atoms with E-state index in [4.69, 9.17) is 9.98 Å². The molecule has 2 N–H and O–H groups in total. The molecule has 0 amide bonds. The molecule has 0 fully saturated rings. The van der Waals surface area contributed by atoms with Gasteiger partial charge in [0.15, 0.2) is 16.0 Å². The standard InChI is InChI=1S/C16H14N8S3/c1-9-4-12(27-23-9)21-14-15-18-7-11(10-5-19-20-6-10)24(15)8-13(22-14)26-16-17-2-3-25-16/h2-6,8,11H,7H2,1H3,(H,19,20)(H,21,22). The lowest BCUT2D eigenvalue weighted by Crippen LogP contribution is -2.37. The van der Waals surface area contributed by atoms with Gasteiger partial charge in [-0.25, -0.2) is 9.98 Å². The fourth-order valence-corrected chi connectivity index (χ4v) is 5.11. The maximum Gasteiger partial charge on any atom is 0.175 e. The third kappa shape index (κ3) is 3.29. The number of rotatable bonds is 4. The first kappa shape index (κ1) is 16.7. The Kier molecular flexibility index (Phi) is 4.26. The van der Waals surface area contributed by atoms with Crippen molar-refractivity contribution in [2.45, 2.75) is 17.3 Å². The number of hydrogen-bond donors (Lipinski definition) is 2. The molecule has 2 aliphatic rings. The lowest BCUT2D eigenvalue weighted by atomic mass is 10.1. The molecule has 1 unspecified atom stereocenters. The number of aromatic nitrogens is 4. The van der Waals surface area contributed by atoms with E-state index in [1.807, 2.05) is 37.0 Å². The Morgan fingerprint density at radius 1 is 1.41 bits per heavy atom. The number of anilines is 1. The molecule has 0 saturated carbocycles. The van der Waals surface area contributed by atoms with E-state index in [2.05, 4.69) is 29.8 Å². The van der Waals surface area contributed by atoms with Crippen LogP contribution in [0.15, 0.2) is 55.6 Å². The maximum atomic E-state index is 4.80. The number of thiazole rings is 1. The van der Waals surface area contributed by atoms with Crippen molar-refractivity contribution in [3.05, 3.63) is 52.5 Å². The minimum Gasteiger partial charge on any atom is -0.328 e. The van der Waals surface area contributed by atoms with Crippen molar-refractivity contribution in [2.24, 2.45) is 9.98 Å². The highest BCUT2D eigenvalue weighted by atomic mass is 32.2. The van der Waals surface area contributed by atoms with Gasteiger partial charge in [0, 0.05) is 29.5 Å². The van der Waals surface area contributed by atoms with Crippen LogP contribution in [0.5, 0.6) is 0 Å². The van der Waals surface area contributed by atoms with Gasteiger partial charge in [-0.3, -0.25) is 10.1 Å². The molecule has 3 aromatic heterocycles. The first-order chi connectivity index (χ1) is 13.3. The largest absolute Gasteiger partial charge is 0.328 e. The molecule has 0 saturated heterocycles. The van der Waals surface area contributed by atoms with Crippen LogP contribution in [-0.2, 0) is 0 Å². The number of hydrogen-bond acceptors (Lipinski definition) is 10. The molecule has 8 nitrogen and oxygen atoms in total. The molecule has 0 radical (unpaired) electrons. The van der Waals surface area contributed by atoms with E-state index in [1.165, 1.54) is 11.5 Å². The Morgan fingerprint density at radius 2 is 2.37 bits per heavy atom. The summed E-state index contributed by atoms with van der Waals surface area (Å²) in [6, 6.07) is 2.10. The summed E-state index contributed by atoms with van der Waals surface area (Å²) in [5, 5.41) is 14.1. The molecule has 0 spiro atoms. The minimum atomic E-state index is 0.0983. The topological polar surface area (TPSA) is 94.5 Å². The summed E-state index contributed by atoms with van der Waals surface area (Å²) in [7, 11) is 0. The molecule has 0 aromatic carbocycles. The zero-order valence-corrected chi connectivity index (χ0v) is 16.6. The molecule has 2 aliphatic heterocycles. The summed E-state index contributed by atoms with van der Waals surface area (Å²) in [4.78, 5) is 16.0. The van der Waals surface area contributed by atoms with E-state index in [-0.39, 0.29) is 6.04 Å². The number of nitrogens with zero attached hydrogens (tertiary/aromatic N) is 6. The van der Waals surface area contributed by atoms with Crippen LogP contribution >= 0.6 is 34.6 Å². The van der Waals surface area contributed by atoms with Crippen LogP contribution < -0.4 is 5.32 Å².